The number of rotatable bonds is 5. The van der Waals surface area contributed by atoms with E-state index in [1.165, 1.54) is 6.20 Å². The third kappa shape index (κ3) is 3.00. The molecule has 0 unspecified atom stereocenters. The van der Waals surface area contributed by atoms with E-state index in [-0.39, 0.29) is 5.91 Å². The van der Waals surface area contributed by atoms with Gasteiger partial charge in [0.2, 0.25) is 0 Å². The summed E-state index contributed by atoms with van der Waals surface area (Å²) in [5.74, 6) is 2.06. The lowest BCUT2D eigenvalue weighted by molar-refractivity contribution is 0.0943. The molecule has 0 radical (unpaired) electrons. The van der Waals surface area contributed by atoms with E-state index < -0.39 is 5.54 Å². The number of nitrogens with zero attached hydrogens (tertiary/aromatic N) is 4. The number of aromatic nitrogens is 3. The summed E-state index contributed by atoms with van der Waals surface area (Å²) in [5, 5.41) is 22.6. The predicted octanol–water partition coefficient (Wildman–Crippen LogP) is 2.07. The second-order valence-corrected chi connectivity index (χ2v) is 7.17. The van der Waals surface area contributed by atoms with Crippen LogP contribution in [0, 0.1) is 11.3 Å². The van der Waals surface area contributed by atoms with Gasteiger partial charge in [-0.3, -0.25) is 4.79 Å². The van der Waals surface area contributed by atoms with Gasteiger partial charge in [0, 0.05) is 13.1 Å². The molecule has 152 valence electrons. The molecular formula is C20H19N7O3. The molecule has 1 aliphatic carbocycles. The molecule has 3 N–H and O–H groups in total. The Morgan fingerprint density at radius 3 is 2.90 bits per heavy atom. The number of carbonyl (C=O) groups excluding carboxylic acids is 1. The average Bonchev–Trinajstić information content (AvgIpc) is 3.41. The van der Waals surface area contributed by atoms with Crippen molar-refractivity contribution in [2.24, 2.45) is 0 Å². The molecule has 1 amide bonds. The molecular weight excluding hydrogens is 386 g/mol. The van der Waals surface area contributed by atoms with Crippen molar-refractivity contribution in [3.63, 3.8) is 0 Å². The summed E-state index contributed by atoms with van der Waals surface area (Å²) >= 11 is 0. The molecule has 0 saturated heterocycles. The summed E-state index contributed by atoms with van der Waals surface area (Å²) in [4.78, 5) is 17.4. The third-order valence-corrected chi connectivity index (χ3v) is 5.12. The zero-order valence-corrected chi connectivity index (χ0v) is 16.2. The number of amides is 1. The molecule has 10 heteroatoms. The van der Waals surface area contributed by atoms with E-state index in [2.05, 4.69) is 32.1 Å². The minimum absolute atomic E-state index is 0.298. The zero-order valence-electron chi connectivity index (χ0n) is 16.2. The van der Waals surface area contributed by atoms with Crippen molar-refractivity contribution >= 4 is 28.9 Å². The Morgan fingerprint density at radius 2 is 2.13 bits per heavy atom. The largest absolute Gasteiger partial charge is 0.486 e. The van der Waals surface area contributed by atoms with Crippen LogP contribution in [0.2, 0.25) is 0 Å². The number of para-hydroxylation sites is 1. The Balaban J connectivity index is 1.52. The molecule has 0 spiro atoms. The van der Waals surface area contributed by atoms with Crippen molar-refractivity contribution < 1.29 is 14.3 Å². The third-order valence-electron chi connectivity index (χ3n) is 5.12. The number of benzene rings is 1. The van der Waals surface area contributed by atoms with Gasteiger partial charge in [0.25, 0.3) is 5.91 Å². The number of fused-ring (bicyclic) bond motifs is 2. The van der Waals surface area contributed by atoms with Gasteiger partial charge in [-0.25, -0.2) is 4.98 Å². The number of nitrogens with one attached hydrogen (secondary N) is 3. The van der Waals surface area contributed by atoms with Crippen LogP contribution in [0.1, 0.15) is 23.2 Å². The van der Waals surface area contributed by atoms with E-state index >= 15 is 0 Å². The van der Waals surface area contributed by atoms with E-state index in [9.17, 15) is 10.1 Å². The van der Waals surface area contributed by atoms with E-state index in [1.54, 1.807) is 17.6 Å². The Bertz CT molecular complexity index is 1190. The summed E-state index contributed by atoms with van der Waals surface area (Å²) in [5.41, 5.74) is 0.606. The van der Waals surface area contributed by atoms with Crippen molar-refractivity contribution in [3.05, 3.63) is 36.0 Å². The number of ether oxygens (including phenoxy) is 2. The fourth-order valence-electron chi connectivity index (χ4n) is 3.35. The molecule has 3 heterocycles. The molecule has 1 fully saturated rings. The minimum Gasteiger partial charge on any atom is -0.486 e. The summed E-state index contributed by atoms with van der Waals surface area (Å²) in [7, 11) is 1.76. The maximum Gasteiger partial charge on any atom is 0.258 e. The van der Waals surface area contributed by atoms with Crippen LogP contribution in [0.15, 0.2) is 30.5 Å². The highest BCUT2D eigenvalue weighted by Gasteiger charge is 2.45. The van der Waals surface area contributed by atoms with Gasteiger partial charge in [0.1, 0.15) is 36.0 Å². The SMILES string of the molecule is CNc1cc(Nc2cccc3c2OCCO3)nc2c(C(=O)NC3(C#N)CC3)cnn12. The second kappa shape index (κ2) is 6.81. The first-order chi connectivity index (χ1) is 14.6. The molecule has 10 nitrogen and oxygen atoms in total. The number of hydrogen-bond acceptors (Lipinski definition) is 8. The zero-order chi connectivity index (χ0) is 20.7. The topological polar surface area (TPSA) is 126 Å². The van der Waals surface area contributed by atoms with Crippen LogP contribution >= 0.6 is 0 Å². The highest BCUT2D eigenvalue weighted by atomic mass is 16.6. The molecule has 2 aromatic heterocycles. The Labute approximate surface area is 171 Å². The van der Waals surface area contributed by atoms with Crippen LogP contribution in [0.4, 0.5) is 17.3 Å². The summed E-state index contributed by atoms with van der Waals surface area (Å²) in [6, 6.07) is 9.51. The lowest BCUT2D eigenvalue weighted by Crippen LogP contribution is -2.35. The van der Waals surface area contributed by atoms with E-state index in [1.807, 2.05) is 18.2 Å². The van der Waals surface area contributed by atoms with Crippen LogP contribution in [-0.2, 0) is 0 Å². The molecule has 3 aromatic rings. The predicted molar refractivity (Wildman–Crippen MR) is 108 cm³/mol. The van der Waals surface area contributed by atoms with E-state index in [0.29, 0.717) is 66.1 Å². The second-order valence-electron chi connectivity index (χ2n) is 7.17. The fraction of sp³-hybridized carbons (Fsp3) is 0.300. The van der Waals surface area contributed by atoms with Crippen molar-refractivity contribution in [1.82, 2.24) is 19.9 Å². The van der Waals surface area contributed by atoms with Crippen molar-refractivity contribution in [3.8, 4) is 17.6 Å². The molecule has 0 bridgehead atoms. The molecule has 2 aliphatic rings. The molecule has 0 atom stereocenters. The minimum atomic E-state index is -0.770. The quantitative estimate of drug-likeness (QED) is 0.589. The summed E-state index contributed by atoms with van der Waals surface area (Å²) < 4.78 is 12.9. The van der Waals surface area contributed by atoms with Crippen LogP contribution in [0.25, 0.3) is 5.65 Å². The molecule has 1 aromatic carbocycles. The number of anilines is 3. The fourth-order valence-corrected chi connectivity index (χ4v) is 3.35. The van der Waals surface area contributed by atoms with Gasteiger partial charge < -0.3 is 25.4 Å². The van der Waals surface area contributed by atoms with Crippen LogP contribution < -0.4 is 25.4 Å². The Morgan fingerprint density at radius 1 is 1.30 bits per heavy atom. The Kier molecular flexibility index (Phi) is 4.10. The molecule has 1 aliphatic heterocycles. The highest BCUT2D eigenvalue weighted by molar-refractivity contribution is 6.01. The average molecular weight is 405 g/mol. The normalized spacial score (nSPS) is 15.9. The van der Waals surface area contributed by atoms with Gasteiger partial charge in [-0.15, -0.1) is 0 Å². The summed E-state index contributed by atoms with van der Waals surface area (Å²) in [6.07, 6.45) is 2.76. The van der Waals surface area contributed by atoms with Crippen molar-refractivity contribution in [2.45, 2.75) is 18.4 Å². The van der Waals surface area contributed by atoms with Gasteiger partial charge in [-0.1, -0.05) is 6.07 Å². The molecule has 30 heavy (non-hydrogen) atoms. The number of hydrogen-bond donors (Lipinski definition) is 3. The maximum absolute atomic E-state index is 12.8. The van der Waals surface area contributed by atoms with Gasteiger partial charge in [-0.2, -0.15) is 14.9 Å². The van der Waals surface area contributed by atoms with Crippen LogP contribution in [0.5, 0.6) is 11.5 Å². The molecule has 5 rings (SSSR count). The van der Waals surface area contributed by atoms with Crippen LogP contribution in [-0.4, -0.2) is 46.3 Å². The van der Waals surface area contributed by atoms with Gasteiger partial charge in [0.15, 0.2) is 17.1 Å². The van der Waals surface area contributed by atoms with E-state index in [0.717, 1.165) is 0 Å². The first-order valence-electron chi connectivity index (χ1n) is 9.58. The highest BCUT2D eigenvalue weighted by Crippen LogP contribution is 2.39. The number of carbonyl (C=O) groups is 1. The van der Waals surface area contributed by atoms with Crippen LogP contribution in [0.3, 0.4) is 0 Å². The van der Waals surface area contributed by atoms with Gasteiger partial charge >= 0.3 is 0 Å². The van der Waals surface area contributed by atoms with E-state index in [4.69, 9.17) is 9.47 Å². The lowest BCUT2D eigenvalue weighted by Gasteiger charge is -2.21. The maximum atomic E-state index is 12.8. The first-order valence-corrected chi connectivity index (χ1v) is 9.58. The van der Waals surface area contributed by atoms with Gasteiger partial charge in [-0.05, 0) is 25.0 Å². The van der Waals surface area contributed by atoms with Crippen molar-refractivity contribution in [2.75, 3.05) is 30.9 Å². The number of nitriles is 1. The lowest BCUT2D eigenvalue weighted by atomic mass is 10.2. The first kappa shape index (κ1) is 18.1. The van der Waals surface area contributed by atoms with Gasteiger partial charge in [0.05, 0.1) is 18.0 Å². The Hall–Kier alpha value is -4.00. The monoisotopic (exact) mass is 405 g/mol. The summed E-state index contributed by atoms with van der Waals surface area (Å²) in [6.45, 7) is 0.969. The molecule has 1 saturated carbocycles. The van der Waals surface area contributed by atoms with Crippen molar-refractivity contribution in [1.29, 1.82) is 5.26 Å². The smallest absolute Gasteiger partial charge is 0.258 e. The standard InChI is InChI=1S/C20H19N7O3/c1-22-16-9-15(24-13-3-2-4-14-17(13)30-8-7-29-14)25-18-12(10-23-27(16)18)19(28)26-20(11-21)5-6-20/h2-4,9-10,22H,5-8H2,1H3,(H,24,25)(H,26,28).